The summed E-state index contributed by atoms with van der Waals surface area (Å²) < 4.78 is 102. The quantitative estimate of drug-likeness (QED) is 0.347. The van der Waals surface area contributed by atoms with E-state index in [1.54, 1.807) is 0 Å². The number of rotatable bonds is 6. The van der Waals surface area contributed by atoms with Gasteiger partial charge in [0.15, 0.2) is 15.5 Å². The Morgan fingerprint density at radius 1 is 1.14 bits per heavy atom. The SMILES string of the molecule is Cc1c(C(F)(F)F)nnc(Oc2ncc(S(C)(=O)=O)c(F)n2)c1C(=O)Nc1cccc(S(C)(=N)=O)c1. The highest BCUT2D eigenvalue weighted by Gasteiger charge is 2.38. The summed E-state index contributed by atoms with van der Waals surface area (Å²) in [6, 6.07) is 4.42. The average Bonchev–Trinajstić information content (AvgIpc) is 2.71. The van der Waals surface area contributed by atoms with Crippen molar-refractivity contribution >= 4 is 31.2 Å². The van der Waals surface area contributed by atoms with Gasteiger partial charge in [-0.2, -0.15) is 22.5 Å². The van der Waals surface area contributed by atoms with E-state index in [1.807, 2.05) is 0 Å². The number of carbonyl (C=O) groups excluding carboxylic acids is 1. The van der Waals surface area contributed by atoms with E-state index in [-0.39, 0.29) is 10.6 Å². The minimum absolute atomic E-state index is 0.00477. The zero-order valence-electron chi connectivity index (χ0n) is 18.5. The van der Waals surface area contributed by atoms with Crippen molar-refractivity contribution in [3.05, 3.63) is 53.2 Å². The summed E-state index contributed by atoms with van der Waals surface area (Å²) in [5.41, 5.74) is -2.97. The molecule has 1 atom stereocenters. The molecule has 1 unspecified atom stereocenters. The molecular formula is C19H16F4N6O5S2. The number of benzene rings is 1. The summed E-state index contributed by atoms with van der Waals surface area (Å²) in [6.45, 7) is 0.923. The standard InChI is InChI=1S/C19H16F4N6O5S2/c1-9-13(16(30)26-10-5-4-6-11(7-10)35(2,24)31)17(29-28-14(9)19(21,22)23)34-18-25-8-12(15(20)27-18)36(3,32)33/h4-8,24H,1-3H3,(H,26,30). The number of amides is 1. The van der Waals surface area contributed by atoms with Crippen LogP contribution in [-0.4, -0.2) is 51.2 Å². The third-order valence-electron chi connectivity index (χ3n) is 4.50. The topological polar surface area (TPSA) is 165 Å². The van der Waals surface area contributed by atoms with Crippen molar-refractivity contribution in [3.8, 4) is 11.9 Å². The Hall–Kier alpha value is -3.73. The van der Waals surface area contributed by atoms with Gasteiger partial charge < -0.3 is 10.1 Å². The van der Waals surface area contributed by atoms with E-state index in [2.05, 4.69) is 25.5 Å². The third-order valence-corrected chi connectivity index (χ3v) is 6.73. The van der Waals surface area contributed by atoms with Crippen LogP contribution in [0.5, 0.6) is 11.9 Å². The van der Waals surface area contributed by atoms with E-state index in [0.29, 0.717) is 12.5 Å². The maximum absolute atomic E-state index is 14.1. The summed E-state index contributed by atoms with van der Waals surface area (Å²) >= 11 is 0. The van der Waals surface area contributed by atoms with E-state index < -0.39 is 71.2 Å². The van der Waals surface area contributed by atoms with Gasteiger partial charge >= 0.3 is 12.2 Å². The summed E-state index contributed by atoms with van der Waals surface area (Å²) in [5.74, 6) is -3.50. The molecule has 1 amide bonds. The highest BCUT2D eigenvalue weighted by molar-refractivity contribution is 7.91. The van der Waals surface area contributed by atoms with Gasteiger partial charge in [-0.3, -0.25) is 4.79 Å². The lowest BCUT2D eigenvalue weighted by Crippen LogP contribution is -2.21. The number of carbonyl (C=O) groups is 1. The lowest BCUT2D eigenvalue weighted by molar-refractivity contribution is -0.142. The number of nitrogens with zero attached hydrogens (tertiary/aromatic N) is 4. The Morgan fingerprint density at radius 2 is 1.81 bits per heavy atom. The molecule has 0 aliphatic rings. The third kappa shape index (κ3) is 5.91. The van der Waals surface area contributed by atoms with Gasteiger partial charge in [-0.1, -0.05) is 6.07 Å². The van der Waals surface area contributed by atoms with Crippen molar-refractivity contribution < 1.29 is 39.7 Å². The lowest BCUT2D eigenvalue weighted by Gasteiger charge is -2.15. The summed E-state index contributed by atoms with van der Waals surface area (Å²) in [7, 11) is -7.20. The van der Waals surface area contributed by atoms with Crippen molar-refractivity contribution in [3.63, 3.8) is 0 Å². The Kier molecular flexibility index (Phi) is 7.00. The fourth-order valence-electron chi connectivity index (χ4n) is 2.84. The molecule has 0 bridgehead atoms. The first kappa shape index (κ1) is 26.9. The molecule has 2 aromatic heterocycles. The molecule has 1 aromatic carbocycles. The Labute approximate surface area is 201 Å². The van der Waals surface area contributed by atoms with Crippen LogP contribution in [0.4, 0.5) is 23.2 Å². The van der Waals surface area contributed by atoms with E-state index in [0.717, 1.165) is 13.2 Å². The lowest BCUT2D eigenvalue weighted by atomic mass is 10.1. The number of hydrogen-bond donors (Lipinski definition) is 2. The fourth-order valence-corrected chi connectivity index (χ4v) is 4.12. The van der Waals surface area contributed by atoms with E-state index in [1.165, 1.54) is 24.3 Å². The Bertz CT molecular complexity index is 1580. The summed E-state index contributed by atoms with van der Waals surface area (Å²) in [5, 5.41) is 8.60. The molecule has 192 valence electrons. The second kappa shape index (κ2) is 9.38. The largest absolute Gasteiger partial charge is 0.435 e. The van der Waals surface area contributed by atoms with Crippen LogP contribution < -0.4 is 10.1 Å². The van der Waals surface area contributed by atoms with Crippen molar-refractivity contribution in [1.82, 2.24) is 20.2 Å². The number of alkyl halides is 3. The molecular weight excluding hydrogens is 532 g/mol. The number of halogens is 4. The average molecular weight is 549 g/mol. The van der Waals surface area contributed by atoms with Gasteiger partial charge in [0.05, 0.1) is 15.9 Å². The number of nitrogens with one attached hydrogen (secondary N) is 2. The monoisotopic (exact) mass is 548 g/mol. The van der Waals surface area contributed by atoms with Crippen LogP contribution in [0.1, 0.15) is 21.6 Å². The van der Waals surface area contributed by atoms with Crippen LogP contribution >= 0.6 is 0 Å². The second-order valence-electron chi connectivity index (χ2n) is 7.36. The maximum atomic E-state index is 14.1. The van der Waals surface area contributed by atoms with Gasteiger partial charge in [0.25, 0.3) is 11.8 Å². The molecule has 0 saturated carbocycles. The smallest absolute Gasteiger partial charge is 0.403 e. The molecule has 0 spiro atoms. The fraction of sp³-hybridized carbons (Fsp3) is 0.211. The molecule has 17 heteroatoms. The van der Waals surface area contributed by atoms with Gasteiger partial charge in [-0.05, 0) is 30.7 Å². The van der Waals surface area contributed by atoms with Gasteiger partial charge in [-0.15, -0.1) is 10.2 Å². The van der Waals surface area contributed by atoms with Gasteiger partial charge in [0.2, 0.25) is 5.95 Å². The van der Waals surface area contributed by atoms with Crippen molar-refractivity contribution in [2.45, 2.75) is 22.9 Å². The van der Waals surface area contributed by atoms with Crippen molar-refractivity contribution in [2.24, 2.45) is 0 Å². The number of ether oxygens (including phenoxy) is 1. The Morgan fingerprint density at radius 3 is 2.36 bits per heavy atom. The van der Waals surface area contributed by atoms with E-state index in [4.69, 9.17) is 9.52 Å². The van der Waals surface area contributed by atoms with Crippen LogP contribution in [0.15, 0.2) is 40.3 Å². The minimum Gasteiger partial charge on any atom is -0.403 e. The first-order valence-electron chi connectivity index (χ1n) is 9.48. The normalized spacial score (nSPS) is 13.6. The van der Waals surface area contributed by atoms with E-state index in [9.17, 15) is 35.0 Å². The first-order valence-corrected chi connectivity index (χ1v) is 13.3. The molecule has 3 rings (SSSR count). The molecule has 11 nitrogen and oxygen atoms in total. The zero-order chi connectivity index (χ0) is 27.1. The van der Waals surface area contributed by atoms with Crippen LogP contribution in [0.25, 0.3) is 0 Å². The minimum atomic E-state index is -5.00. The summed E-state index contributed by atoms with van der Waals surface area (Å²) in [6.07, 6.45) is -2.58. The molecule has 2 heterocycles. The van der Waals surface area contributed by atoms with Crippen LogP contribution in [0.3, 0.4) is 0 Å². The molecule has 0 fully saturated rings. The van der Waals surface area contributed by atoms with Crippen LogP contribution in [0.2, 0.25) is 0 Å². The number of hydrogen-bond acceptors (Lipinski definition) is 10. The molecule has 3 aromatic rings. The maximum Gasteiger partial charge on any atom is 0.435 e. The molecule has 0 radical (unpaired) electrons. The second-order valence-corrected chi connectivity index (χ2v) is 11.5. The highest BCUT2D eigenvalue weighted by Crippen LogP contribution is 2.34. The van der Waals surface area contributed by atoms with E-state index >= 15 is 0 Å². The molecule has 2 N–H and O–H groups in total. The molecule has 0 aliphatic carbocycles. The number of aromatic nitrogens is 4. The molecule has 36 heavy (non-hydrogen) atoms. The zero-order valence-corrected chi connectivity index (χ0v) is 20.2. The molecule has 0 saturated heterocycles. The highest BCUT2D eigenvalue weighted by atomic mass is 32.2. The molecule has 0 aliphatic heterocycles. The predicted molar refractivity (Wildman–Crippen MR) is 116 cm³/mol. The summed E-state index contributed by atoms with van der Waals surface area (Å²) in [4.78, 5) is 18.9. The Balaban J connectivity index is 2.08. The van der Waals surface area contributed by atoms with Crippen molar-refractivity contribution in [1.29, 1.82) is 4.78 Å². The van der Waals surface area contributed by atoms with Gasteiger partial charge in [-0.25, -0.2) is 22.4 Å². The number of anilines is 1. The number of sulfone groups is 1. The van der Waals surface area contributed by atoms with Crippen LogP contribution in [0, 0.1) is 17.7 Å². The van der Waals surface area contributed by atoms with Gasteiger partial charge in [0, 0.05) is 23.1 Å². The predicted octanol–water partition coefficient (Wildman–Crippen LogP) is 3.22. The van der Waals surface area contributed by atoms with Gasteiger partial charge in [0.1, 0.15) is 10.5 Å². The van der Waals surface area contributed by atoms with Crippen molar-refractivity contribution in [2.75, 3.05) is 17.8 Å². The van der Waals surface area contributed by atoms with Crippen LogP contribution in [-0.2, 0) is 25.7 Å². The first-order chi connectivity index (χ1) is 16.5.